The summed E-state index contributed by atoms with van der Waals surface area (Å²) in [4.78, 5) is 13.3. The number of hydrogen-bond donors (Lipinski definition) is 2. The molecule has 9 nitrogen and oxygen atoms in total. The number of fused-ring (bicyclic) bond motifs is 2. The molecule has 4 heterocycles. The van der Waals surface area contributed by atoms with Gasteiger partial charge in [0, 0.05) is 41.7 Å². The number of nitrogens with zero attached hydrogens (tertiary/aromatic N) is 4. The van der Waals surface area contributed by atoms with Crippen molar-refractivity contribution in [2.45, 2.75) is 13.5 Å². The minimum Gasteiger partial charge on any atom is -0.378 e. The molecular formula is C21H24N6O3S2. The number of morpholine rings is 1. The van der Waals surface area contributed by atoms with Gasteiger partial charge in [-0.15, -0.1) is 11.3 Å². The van der Waals surface area contributed by atoms with Gasteiger partial charge in [-0.25, -0.2) is 18.4 Å². The van der Waals surface area contributed by atoms with Crippen molar-refractivity contribution in [3.63, 3.8) is 0 Å². The van der Waals surface area contributed by atoms with E-state index in [1.54, 1.807) is 17.5 Å². The highest BCUT2D eigenvalue weighted by Crippen LogP contribution is 2.38. The number of nitrogens with one attached hydrogen (secondary N) is 2. The van der Waals surface area contributed by atoms with Gasteiger partial charge >= 0.3 is 0 Å². The van der Waals surface area contributed by atoms with Crippen molar-refractivity contribution in [1.29, 1.82) is 0 Å². The highest BCUT2D eigenvalue weighted by molar-refractivity contribution is 7.90. The third kappa shape index (κ3) is 4.08. The van der Waals surface area contributed by atoms with Gasteiger partial charge in [0.1, 0.15) is 0 Å². The second-order valence-corrected chi connectivity index (χ2v) is 11.2. The van der Waals surface area contributed by atoms with E-state index in [1.165, 1.54) is 6.26 Å². The van der Waals surface area contributed by atoms with Crippen molar-refractivity contribution in [3.8, 4) is 11.4 Å². The number of hydrogen-bond acceptors (Lipinski definition) is 9. The van der Waals surface area contributed by atoms with Gasteiger partial charge in [0.05, 0.1) is 41.0 Å². The summed E-state index contributed by atoms with van der Waals surface area (Å²) >= 11 is 1.62. The van der Waals surface area contributed by atoms with Gasteiger partial charge in [0.2, 0.25) is 0 Å². The summed E-state index contributed by atoms with van der Waals surface area (Å²) in [6, 6.07) is 5.96. The Morgan fingerprint density at radius 2 is 2.06 bits per heavy atom. The lowest BCUT2D eigenvalue weighted by molar-refractivity contribution is 0.122. The molecule has 0 saturated carbocycles. The lowest BCUT2D eigenvalue weighted by Gasteiger charge is -2.28. The standard InChI is InChI=1S/C21H24N6O3S2/c1-13-17(11-22-12-32(2,28)29)31-19-18(13)24-20(25-21(19)27-6-8-30-9-7-27)14-4-3-5-16-15(14)10-23-26-16/h3-5,10,22H,6-9,11-12H2,1-2H3,(H,23,26). The smallest absolute Gasteiger partial charge is 0.162 e. The monoisotopic (exact) mass is 472 g/mol. The number of anilines is 1. The first-order valence-electron chi connectivity index (χ1n) is 10.3. The molecule has 1 aliphatic heterocycles. The quantitative estimate of drug-likeness (QED) is 0.440. The second-order valence-electron chi connectivity index (χ2n) is 7.93. The predicted molar refractivity (Wildman–Crippen MR) is 127 cm³/mol. The van der Waals surface area contributed by atoms with Crippen LogP contribution in [-0.4, -0.2) is 67.0 Å². The fourth-order valence-electron chi connectivity index (χ4n) is 3.91. The molecule has 5 rings (SSSR count). The first kappa shape index (κ1) is 21.3. The molecule has 11 heteroatoms. The van der Waals surface area contributed by atoms with Crippen LogP contribution in [0, 0.1) is 6.92 Å². The van der Waals surface area contributed by atoms with Crippen LogP contribution in [0.3, 0.4) is 0 Å². The second kappa shape index (κ2) is 8.39. The van der Waals surface area contributed by atoms with Crippen molar-refractivity contribution in [2.24, 2.45) is 0 Å². The zero-order chi connectivity index (χ0) is 22.3. The molecule has 0 aliphatic carbocycles. The van der Waals surface area contributed by atoms with Crippen LogP contribution >= 0.6 is 11.3 Å². The maximum atomic E-state index is 11.5. The van der Waals surface area contributed by atoms with E-state index in [4.69, 9.17) is 14.7 Å². The fourth-order valence-corrected chi connectivity index (χ4v) is 5.61. The highest BCUT2D eigenvalue weighted by atomic mass is 32.2. The number of rotatable bonds is 6. The Hall–Kier alpha value is -2.60. The topological polar surface area (TPSA) is 113 Å². The van der Waals surface area contributed by atoms with Crippen LogP contribution in [0.5, 0.6) is 0 Å². The number of aromatic amines is 1. The third-order valence-electron chi connectivity index (χ3n) is 5.53. The average Bonchev–Trinajstić information content (AvgIpc) is 3.38. The van der Waals surface area contributed by atoms with E-state index >= 15 is 0 Å². The van der Waals surface area contributed by atoms with Gasteiger partial charge in [-0.2, -0.15) is 5.10 Å². The van der Waals surface area contributed by atoms with E-state index in [-0.39, 0.29) is 5.88 Å². The van der Waals surface area contributed by atoms with Crippen molar-refractivity contribution in [2.75, 3.05) is 43.3 Å². The Morgan fingerprint density at radius 3 is 2.84 bits per heavy atom. The van der Waals surface area contributed by atoms with E-state index in [0.29, 0.717) is 25.6 Å². The average molecular weight is 473 g/mol. The molecule has 2 N–H and O–H groups in total. The van der Waals surface area contributed by atoms with Crippen molar-refractivity contribution < 1.29 is 13.2 Å². The van der Waals surface area contributed by atoms with E-state index in [1.807, 2.05) is 25.1 Å². The predicted octanol–water partition coefficient (Wildman–Crippen LogP) is 2.47. The lowest BCUT2D eigenvalue weighted by atomic mass is 10.1. The molecular weight excluding hydrogens is 448 g/mol. The van der Waals surface area contributed by atoms with E-state index in [0.717, 1.165) is 56.0 Å². The largest absolute Gasteiger partial charge is 0.378 e. The molecule has 168 valence electrons. The zero-order valence-electron chi connectivity index (χ0n) is 17.9. The fraction of sp³-hybridized carbons (Fsp3) is 0.381. The summed E-state index contributed by atoms with van der Waals surface area (Å²) in [5.41, 5.74) is 3.81. The number of thiophene rings is 1. The molecule has 0 radical (unpaired) electrons. The van der Waals surface area contributed by atoms with Crippen LogP contribution in [-0.2, 0) is 21.1 Å². The normalized spacial score (nSPS) is 15.1. The Bertz CT molecular complexity index is 1390. The molecule has 32 heavy (non-hydrogen) atoms. The summed E-state index contributed by atoms with van der Waals surface area (Å²) in [7, 11) is -3.09. The molecule has 1 aromatic carbocycles. The molecule has 1 aliphatic rings. The maximum Gasteiger partial charge on any atom is 0.162 e. The first-order chi connectivity index (χ1) is 15.4. The van der Waals surface area contributed by atoms with E-state index in [2.05, 4.69) is 20.4 Å². The minimum absolute atomic E-state index is 0.0591. The number of aromatic nitrogens is 4. The van der Waals surface area contributed by atoms with E-state index < -0.39 is 9.84 Å². The lowest BCUT2D eigenvalue weighted by Crippen LogP contribution is -2.36. The van der Waals surface area contributed by atoms with E-state index in [9.17, 15) is 8.42 Å². The molecule has 0 spiro atoms. The number of aryl methyl sites for hydroxylation is 1. The maximum absolute atomic E-state index is 11.5. The van der Waals surface area contributed by atoms with Gasteiger partial charge in [-0.3, -0.25) is 10.4 Å². The van der Waals surface area contributed by atoms with Crippen LogP contribution < -0.4 is 10.2 Å². The SMILES string of the molecule is Cc1c(CNCS(C)(=O)=O)sc2c(N3CCOCC3)nc(-c3cccc4[nH]ncc34)nc12. The van der Waals surface area contributed by atoms with Crippen LogP contribution in [0.4, 0.5) is 5.82 Å². The minimum atomic E-state index is -3.09. The Kier molecular flexibility index (Phi) is 5.58. The van der Waals surface area contributed by atoms with Gasteiger partial charge < -0.3 is 9.64 Å². The van der Waals surface area contributed by atoms with Crippen LogP contribution in [0.25, 0.3) is 32.5 Å². The molecule has 1 fully saturated rings. The summed E-state index contributed by atoms with van der Waals surface area (Å²) in [6.45, 7) is 5.35. The first-order valence-corrected chi connectivity index (χ1v) is 13.2. The highest BCUT2D eigenvalue weighted by Gasteiger charge is 2.23. The molecule has 0 unspecified atom stereocenters. The van der Waals surface area contributed by atoms with Gasteiger partial charge in [0.25, 0.3) is 0 Å². The van der Waals surface area contributed by atoms with Crippen molar-refractivity contribution in [1.82, 2.24) is 25.5 Å². The summed E-state index contributed by atoms with van der Waals surface area (Å²) in [6.07, 6.45) is 3.02. The van der Waals surface area contributed by atoms with Crippen molar-refractivity contribution in [3.05, 3.63) is 34.8 Å². The zero-order valence-corrected chi connectivity index (χ0v) is 19.5. The summed E-state index contributed by atoms with van der Waals surface area (Å²) in [5.74, 6) is 1.50. The number of H-pyrrole nitrogens is 1. The third-order valence-corrected chi connectivity index (χ3v) is 7.54. The molecule has 0 amide bonds. The number of ether oxygens (including phenoxy) is 1. The van der Waals surface area contributed by atoms with Crippen LogP contribution in [0.2, 0.25) is 0 Å². The van der Waals surface area contributed by atoms with Gasteiger partial charge in [-0.05, 0) is 18.6 Å². The van der Waals surface area contributed by atoms with Gasteiger partial charge in [-0.1, -0.05) is 12.1 Å². The Labute approximate surface area is 189 Å². The Morgan fingerprint density at radius 1 is 1.25 bits per heavy atom. The van der Waals surface area contributed by atoms with Gasteiger partial charge in [0.15, 0.2) is 21.5 Å². The molecule has 3 aromatic heterocycles. The summed E-state index contributed by atoms with van der Waals surface area (Å²) < 4.78 is 29.6. The summed E-state index contributed by atoms with van der Waals surface area (Å²) in [5, 5.41) is 11.2. The molecule has 1 saturated heterocycles. The molecule has 0 atom stereocenters. The number of benzene rings is 1. The number of sulfone groups is 1. The van der Waals surface area contributed by atoms with Crippen molar-refractivity contribution >= 4 is 48.1 Å². The van der Waals surface area contributed by atoms with Crippen LogP contribution in [0.1, 0.15) is 10.4 Å². The molecule has 4 aromatic rings. The molecule has 0 bridgehead atoms. The Balaban J connectivity index is 1.64. The van der Waals surface area contributed by atoms with Crippen LogP contribution in [0.15, 0.2) is 24.4 Å².